The number of carbonyl (C=O) groups is 1. The van der Waals surface area contributed by atoms with E-state index >= 15 is 0 Å². The molecule has 2 saturated heterocycles. The van der Waals surface area contributed by atoms with Crippen molar-refractivity contribution in [1.29, 1.82) is 0 Å². The van der Waals surface area contributed by atoms with Gasteiger partial charge in [0.05, 0.1) is 18.3 Å². The third-order valence-electron chi connectivity index (χ3n) is 7.53. The van der Waals surface area contributed by atoms with Crippen LogP contribution in [-0.4, -0.2) is 53.3 Å². The number of rotatable bonds is 3. The SMILES string of the molecule is Cc1ccc2c(N)c(C(=O)N[C@H]3CCc4nc(N5C[C@H](N)[C@]6(CCCO6)C5)ccc4C3)sc2n1. The van der Waals surface area contributed by atoms with Crippen molar-refractivity contribution < 1.29 is 9.53 Å². The van der Waals surface area contributed by atoms with Crippen LogP contribution in [0.5, 0.6) is 0 Å². The van der Waals surface area contributed by atoms with Crippen LogP contribution < -0.4 is 21.7 Å². The van der Waals surface area contributed by atoms with E-state index in [1.54, 1.807) is 0 Å². The van der Waals surface area contributed by atoms with Gasteiger partial charge < -0.3 is 26.4 Å². The molecule has 3 atom stereocenters. The van der Waals surface area contributed by atoms with Crippen LogP contribution in [0, 0.1) is 6.92 Å². The van der Waals surface area contributed by atoms with Gasteiger partial charge in [-0.25, -0.2) is 9.97 Å². The highest BCUT2D eigenvalue weighted by Crippen LogP contribution is 2.37. The zero-order valence-corrected chi connectivity index (χ0v) is 20.2. The molecule has 0 unspecified atom stereocenters. The summed E-state index contributed by atoms with van der Waals surface area (Å²) < 4.78 is 6.05. The van der Waals surface area contributed by atoms with Gasteiger partial charge in [-0.2, -0.15) is 0 Å². The number of nitrogens with two attached hydrogens (primary N) is 2. The molecule has 8 nitrogen and oxygen atoms in total. The van der Waals surface area contributed by atoms with Crippen molar-refractivity contribution in [2.24, 2.45) is 5.73 Å². The molecular weight excluding hydrogens is 448 g/mol. The summed E-state index contributed by atoms with van der Waals surface area (Å²) in [5.74, 6) is 0.856. The van der Waals surface area contributed by atoms with Gasteiger partial charge in [0, 0.05) is 36.0 Å². The lowest BCUT2D eigenvalue weighted by Gasteiger charge is -2.28. The van der Waals surface area contributed by atoms with Crippen molar-refractivity contribution in [3.63, 3.8) is 0 Å². The normalized spacial score (nSPS) is 26.4. The molecule has 0 bridgehead atoms. The molecule has 178 valence electrons. The highest BCUT2D eigenvalue weighted by molar-refractivity contribution is 7.21. The Morgan fingerprint density at radius 1 is 1.29 bits per heavy atom. The molecule has 2 fully saturated rings. The number of anilines is 2. The summed E-state index contributed by atoms with van der Waals surface area (Å²) in [4.78, 5) is 26.1. The maximum atomic E-state index is 13.0. The van der Waals surface area contributed by atoms with Gasteiger partial charge in [0.25, 0.3) is 5.91 Å². The second kappa shape index (κ2) is 8.18. The Kier molecular flexibility index (Phi) is 5.24. The number of hydrogen-bond donors (Lipinski definition) is 3. The predicted octanol–water partition coefficient (Wildman–Crippen LogP) is 2.57. The smallest absolute Gasteiger partial charge is 0.263 e. The largest absolute Gasteiger partial charge is 0.397 e. The van der Waals surface area contributed by atoms with Crippen molar-refractivity contribution >= 4 is 39.0 Å². The summed E-state index contributed by atoms with van der Waals surface area (Å²) in [5.41, 5.74) is 16.3. The number of nitrogens with one attached hydrogen (secondary N) is 1. The molecule has 0 saturated carbocycles. The molecule has 2 aliphatic heterocycles. The molecule has 6 rings (SSSR count). The van der Waals surface area contributed by atoms with Crippen molar-refractivity contribution in [3.8, 4) is 0 Å². The number of aromatic nitrogens is 2. The van der Waals surface area contributed by atoms with Gasteiger partial charge in [-0.3, -0.25) is 4.79 Å². The summed E-state index contributed by atoms with van der Waals surface area (Å²) in [6, 6.07) is 8.18. The number of fused-ring (bicyclic) bond motifs is 2. The van der Waals surface area contributed by atoms with Crippen LogP contribution >= 0.6 is 11.3 Å². The molecule has 3 aliphatic rings. The molecule has 0 radical (unpaired) electrons. The minimum Gasteiger partial charge on any atom is -0.397 e. The van der Waals surface area contributed by atoms with Gasteiger partial charge in [0.1, 0.15) is 21.1 Å². The monoisotopic (exact) mass is 478 g/mol. The van der Waals surface area contributed by atoms with E-state index in [2.05, 4.69) is 27.3 Å². The molecule has 5 heterocycles. The standard InChI is InChI=1S/C25H30N6O2S/c1-14-3-6-17-21(27)22(34-24(17)28-14)23(32)29-16-5-7-18-15(11-16)4-8-20(30-18)31-12-19(26)25(13-31)9-2-10-33-25/h3-4,6,8,16,19H,2,5,7,9-13,26-27H2,1H3,(H,29,32)/t16-,19-,25-/m0/s1. The molecule has 0 aromatic carbocycles. The first-order valence-corrected chi connectivity index (χ1v) is 12.8. The summed E-state index contributed by atoms with van der Waals surface area (Å²) >= 11 is 1.36. The number of thiophene rings is 1. The first-order valence-electron chi connectivity index (χ1n) is 12.0. The third-order valence-corrected chi connectivity index (χ3v) is 8.65. The van der Waals surface area contributed by atoms with E-state index in [-0.39, 0.29) is 23.6 Å². The summed E-state index contributed by atoms with van der Waals surface area (Å²) in [7, 11) is 0. The summed E-state index contributed by atoms with van der Waals surface area (Å²) in [6.07, 6.45) is 4.55. The fourth-order valence-corrected chi connectivity index (χ4v) is 6.67. The van der Waals surface area contributed by atoms with Crippen LogP contribution in [0.4, 0.5) is 11.5 Å². The van der Waals surface area contributed by atoms with E-state index in [1.807, 2.05) is 19.1 Å². The van der Waals surface area contributed by atoms with E-state index < -0.39 is 0 Å². The number of hydrogen-bond acceptors (Lipinski definition) is 8. The van der Waals surface area contributed by atoms with Gasteiger partial charge in [0.15, 0.2) is 0 Å². The van der Waals surface area contributed by atoms with Crippen LogP contribution in [0.25, 0.3) is 10.2 Å². The average Bonchev–Trinajstić information content (AvgIpc) is 3.52. The van der Waals surface area contributed by atoms with Gasteiger partial charge in [-0.15, -0.1) is 11.3 Å². The Bertz CT molecular complexity index is 1270. The second-order valence-electron chi connectivity index (χ2n) is 9.84. The lowest BCUT2D eigenvalue weighted by Crippen LogP contribution is -2.46. The molecule has 9 heteroatoms. The molecular formula is C25H30N6O2S. The fourth-order valence-electron chi connectivity index (χ4n) is 5.63. The zero-order chi connectivity index (χ0) is 23.4. The van der Waals surface area contributed by atoms with Crippen LogP contribution in [0.15, 0.2) is 24.3 Å². The molecule has 3 aromatic rings. The molecule has 34 heavy (non-hydrogen) atoms. The lowest BCUT2D eigenvalue weighted by atomic mass is 9.91. The molecule has 3 aromatic heterocycles. The number of amides is 1. The Balaban J connectivity index is 1.15. The maximum Gasteiger partial charge on any atom is 0.263 e. The Morgan fingerprint density at radius 2 is 2.18 bits per heavy atom. The molecule has 5 N–H and O–H groups in total. The summed E-state index contributed by atoms with van der Waals surface area (Å²) in [6.45, 7) is 4.32. The molecule has 1 aliphatic carbocycles. The lowest BCUT2D eigenvalue weighted by molar-refractivity contribution is 0.0108. The van der Waals surface area contributed by atoms with E-state index in [0.717, 1.165) is 79.2 Å². The predicted molar refractivity (Wildman–Crippen MR) is 134 cm³/mol. The Morgan fingerprint density at radius 3 is 3.00 bits per heavy atom. The zero-order valence-electron chi connectivity index (χ0n) is 19.3. The van der Waals surface area contributed by atoms with Crippen molar-refractivity contribution in [2.75, 3.05) is 30.3 Å². The number of nitrogen functional groups attached to an aromatic ring is 1. The second-order valence-corrected chi connectivity index (χ2v) is 10.8. The first-order chi connectivity index (χ1) is 16.4. The topological polar surface area (TPSA) is 119 Å². The Hall–Kier alpha value is -2.75. The number of nitrogens with zero attached hydrogens (tertiary/aromatic N) is 3. The number of aryl methyl sites for hydroxylation is 2. The highest BCUT2D eigenvalue weighted by atomic mass is 32.1. The fraction of sp³-hybridized carbons (Fsp3) is 0.480. The van der Waals surface area contributed by atoms with E-state index in [9.17, 15) is 4.79 Å². The van der Waals surface area contributed by atoms with Crippen LogP contribution in [0.3, 0.4) is 0 Å². The van der Waals surface area contributed by atoms with Crippen LogP contribution in [0.2, 0.25) is 0 Å². The number of carbonyl (C=O) groups excluding carboxylic acids is 1. The molecule has 1 spiro atoms. The van der Waals surface area contributed by atoms with Crippen LogP contribution in [0.1, 0.15) is 45.9 Å². The van der Waals surface area contributed by atoms with E-state index in [0.29, 0.717) is 10.6 Å². The molecule has 1 amide bonds. The minimum absolute atomic E-state index is 0.0212. The first kappa shape index (κ1) is 21.8. The number of ether oxygens (including phenoxy) is 1. The van der Waals surface area contributed by atoms with Gasteiger partial charge >= 0.3 is 0 Å². The van der Waals surface area contributed by atoms with Crippen molar-refractivity contribution in [2.45, 2.75) is 56.7 Å². The van der Waals surface area contributed by atoms with Crippen LogP contribution in [-0.2, 0) is 17.6 Å². The van der Waals surface area contributed by atoms with Crippen molar-refractivity contribution in [3.05, 3.63) is 46.1 Å². The summed E-state index contributed by atoms with van der Waals surface area (Å²) in [5, 5.41) is 4.04. The average molecular weight is 479 g/mol. The van der Waals surface area contributed by atoms with Crippen molar-refractivity contribution in [1.82, 2.24) is 15.3 Å². The third kappa shape index (κ3) is 3.62. The highest BCUT2D eigenvalue weighted by Gasteiger charge is 2.48. The van der Waals surface area contributed by atoms with E-state index in [1.165, 1.54) is 16.9 Å². The van der Waals surface area contributed by atoms with Gasteiger partial charge in [-0.1, -0.05) is 6.07 Å². The van der Waals surface area contributed by atoms with Gasteiger partial charge in [0.2, 0.25) is 0 Å². The quantitative estimate of drug-likeness (QED) is 0.529. The minimum atomic E-state index is -0.213. The maximum absolute atomic E-state index is 13.0. The van der Waals surface area contributed by atoms with Gasteiger partial charge in [-0.05, 0) is 62.8 Å². The van der Waals surface area contributed by atoms with E-state index in [4.69, 9.17) is 21.2 Å². The number of pyridine rings is 2. The Labute approximate surface area is 202 Å².